The number of rotatable bonds is 1. The molecule has 0 saturated carbocycles. The number of hydrogen-bond acceptors (Lipinski definition) is 0. The van der Waals surface area contributed by atoms with Crippen LogP contribution in [0.25, 0.3) is 5.57 Å². The lowest BCUT2D eigenvalue weighted by Gasteiger charge is -2.34. The van der Waals surface area contributed by atoms with Gasteiger partial charge in [0.15, 0.2) is 5.70 Å². The minimum Gasteiger partial charge on any atom is -0.393 e. The Morgan fingerprint density at radius 2 is 1.63 bits per heavy atom. The smallest absolute Gasteiger partial charge is 0.393 e. The van der Waals surface area contributed by atoms with E-state index >= 15 is 8.63 Å². The topological polar surface area (TPSA) is 7.94 Å². The highest BCUT2D eigenvalue weighted by Crippen LogP contribution is 2.47. The maximum atomic E-state index is 15.6. The Morgan fingerprint density at radius 1 is 1.04 bits per heavy atom. The predicted molar refractivity (Wildman–Crippen MR) is 112 cm³/mol. The molecule has 2 aliphatic rings. The van der Waals surface area contributed by atoms with Gasteiger partial charge in [-0.1, -0.05) is 39.1 Å². The molecule has 0 fully saturated rings. The lowest BCUT2D eigenvalue weighted by Crippen LogP contribution is -2.51. The van der Waals surface area contributed by atoms with Crippen LogP contribution in [0.2, 0.25) is 10.0 Å². The molecule has 0 spiro atoms. The van der Waals surface area contributed by atoms with Gasteiger partial charge in [0, 0.05) is 34.3 Å². The molecule has 2 aliphatic heterocycles. The maximum Gasteiger partial charge on any atom is 0.737 e. The van der Waals surface area contributed by atoms with Crippen molar-refractivity contribution in [2.24, 2.45) is 0 Å². The van der Waals surface area contributed by atoms with Gasteiger partial charge in [-0.2, -0.15) is 0 Å². The van der Waals surface area contributed by atoms with E-state index in [0.29, 0.717) is 44.0 Å². The summed E-state index contributed by atoms with van der Waals surface area (Å²) in [5.74, 6) is 0. The summed E-state index contributed by atoms with van der Waals surface area (Å²) >= 11 is 16.5. The van der Waals surface area contributed by atoms with Crippen LogP contribution in [0.1, 0.15) is 36.4 Å². The van der Waals surface area contributed by atoms with Gasteiger partial charge in [-0.05, 0) is 50.2 Å². The first-order chi connectivity index (χ1) is 12.6. The third-order valence-corrected chi connectivity index (χ3v) is 6.25. The van der Waals surface area contributed by atoms with Crippen molar-refractivity contribution in [3.8, 4) is 0 Å². The normalized spacial score (nSPS) is 18.0. The van der Waals surface area contributed by atoms with E-state index in [1.807, 2.05) is 13.8 Å². The van der Waals surface area contributed by atoms with Gasteiger partial charge >= 0.3 is 6.97 Å². The number of hydrogen-bond donors (Lipinski definition) is 0. The largest absolute Gasteiger partial charge is 0.737 e. The zero-order valence-corrected chi connectivity index (χ0v) is 18.3. The predicted octanol–water partition coefficient (Wildman–Crippen LogP) is 6.60. The zero-order valence-electron chi connectivity index (χ0n) is 15.2. The van der Waals surface area contributed by atoms with Crippen molar-refractivity contribution in [2.75, 3.05) is 0 Å². The van der Waals surface area contributed by atoms with Crippen LogP contribution in [0.15, 0.2) is 40.0 Å². The van der Waals surface area contributed by atoms with E-state index in [4.69, 9.17) is 23.2 Å². The van der Waals surface area contributed by atoms with Gasteiger partial charge in [0.25, 0.3) is 0 Å². The molecule has 0 N–H and O–H groups in total. The van der Waals surface area contributed by atoms with E-state index in [9.17, 15) is 0 Å². The number of aryl methyl sites for hydroxylation is 2. The van der Waals surface area contributed by atoms with Crippen molar-refractivity contribution < 1.29 is 13.1 Å². The minimum atomic E-state index is -4.01. The van der Waals surface area contributed by atoms with Crippen molar-refractivity contribution >= 4 is 57.4 Å². The molecule has 0 unspecified atom stereocenters. The van der Waals surface area contributed by atoms with Crippen LogP contribution < -0.4 is 0 Å². The van der Waals surface area contributed by atoms with E-state index in [1.54, 1.807) is 38.1 Å². The number of benzene rings is 1. The Morgan fingerprint density at radius 3 is 2.22 bits per heavy atom. The number of allylic oxidation sites excluding steroid dienone is 2. The van der Waals surface area contributed by atoms with E-state index in [-0.39, 0.29) is 0 Å². The van der Waals surface area contributed by atoms with Crippen LogP contribution in [0, 0.1) is 13.8 Å². The molecule has 1 aromatic carbocycles. The van der Waals surface area contributed by atoms with Gasteiger partial charge in [-0.15, -0.1) is 0 Å². The molecule has 3 heterocycles. The molecule has 27 heavy (non-hydrogen) atoms. The van der Waals surface area contributed by atoms with Crippen LogP contribution in [-0.2, 0) is 0 Å². The van der Waals surface area contributed by atoms with Crippen molar-refractivity contribution in [1.82, 2.24) is 4.48 Å². The van der Waals surface area contributed by atoms with Crippen molar-refractivity contribution in [3.05, 3.63) is 72.6 Å². The van der Waals surface area contributed by atoms with Gasteiger partial charge in [-0.25, -0.2) is 0 Å². The highest BCUT2D eigenvalue weighted by Gasteiger charge is 2.55. The molecule has 0 aliphatic carbocycles. The fourth-order valence-electron chi connectivity index (χ4n) is 4.32. The summed E-state index contributed by atoms with van der Waals surface area (Å²) in [4.78, 5) is 0. The summed E-state index contributed by atoms with van der Waals surface area (Å²) in [6, 6.07) is 5.25. The molecule has 0 atom stereocenters. The van der Waals surface area contributed by atoms with E-state index in [1.165, 1.54) is 0 Å². The Kier molecular flexibility index (Phi) is 4.26. The van der Waals surface area contributed by atoms with Gasteiger partial charge in [0.05, 0.1) is 15.6 Å². The number of fused-ring (bicyclic) bond motifs is 2. The Bertz CT molecular complexity index is 1110. The molecule has 2 aromatic rings. The average molecular weight is 472 g/mol. The first-order valence-electron chi connectivity index (χ1n) is 8.47. The first kappa shape index (κ1) is 19.0. The lowest BCUT2D eigenvalue weighted by atomic mass is 9.84. The molecule has 0 bridgehead atoms. The minimum absolute atomic E-state index is 0.414. The molecule has 4 rings (SSSR count). The molecular formula is C19H16BBrCl2F2N2. The summed E-state index contributed by atoms with van der Waals surface area (Å²) < 4.78 is 34.2. The summed E-state index contributed by atoms with van der Waals surface area (Å²) in [5.41, 5.74) is 4.69. The van der Waals surface area contributed by atoms with Gasteiger partial charge in [0.2, 0.25) is 0 Å². The molecular weight excluding hydrogens is 456 g/mol. The van der Waals surface area contributed by atoms with Gasteiger partial charge in [0.1, 0.15) is 5.71 Å². The van der Waals surface area contributed by atoms with Crippen LogP contribution in [0.4, 0.5) is 8.63 Å². The van der Waals surface area contributed by atoms with E-state index < -0.39 is 6.97 Å². The monoisotopic (exact) mass is 470 g/mol. The molecule has 0 amide bonds. The number of halogens is 5. The van der Waals surface area contributed by atoms with Crippen LogP contribution in [0.3, 0.4) is 0 Å². The third-order valence-electron chi connectivity index (χ3n) is 5.19. The molecule has 8 heteroatoms. The second kappa shape index (κ2) is 6.06. The Hall–Kier alpha value is -1.37. The highest BCUT2D eigenvalue weighted by atomic mass is 79.9. The van der Waals surface area contributed by atoms with Gasteiger partial charge < -0.3 is 17.6 Å². The maximum absolute atomic E-state index is 15.6. The lowest BCUT2D eigenvalue weighted by molar-refractivity contribution is -0.363. The average Bonchev–Trinajstić information content (AvgIpc) is 2.99. The summed E-state index contributed by atoms with van der Waals surface area (Å²) in [5, 5.41) is 0.827. The van der Waals surface area contributed by atoms with E-state index in [0.717, 1.165) is 24.6 Å². The standard InChI is InChI=1S/C19H16BBrCl2F2N2/c1-9-5-11(3)26-18(9)17(16-14(22)7-13(21)8-15(16)23)19-10(2)6-12(4)27(19)20(26,24)25/h5-8H,1-4H3. The summed E-state index contributed by atoms with van der Waals surface area (Å²) in [6.07, 6.45) is 1.78. The quantitative estimate of drug-likeness (QED) is 0.414. The Balaban J connectivity index is 2.23. The number of aromatic nitrogens is 1. The molecule has 2 nitrogen and oxygen atoms in total. The third kappa shape index (κ3) is 2.53. The second-order valence-corrected chi connectivity index (χ2v) is 8.81. The first-order valence-corrected chi connectivity index (χ1v) is 10.0. The second-order valence-electron chi connectivity index (χ2n) is 7.08. The molecule has 140 valence electrons. The summed E-state index contributed by atoms with van der Waals surface area (Å²) in [6.45, 7) is 3.06. The van der Waals surface area contributed by atoms with E-state index in [2.05, 4.69) is 15.9 Å². The van der Waals surface area contributed by atoms with Crippen molar-refractivity contribution in [2.45, 2.75) is 27.7 Å². The zero-order chi connectivity index (χ0) is 19.8. The fraction of sp³-hybridized carbons (Fsp3) is 0.211. The Labute approximate surface area is 175 Å². The molecule has 1 aromatic heterocycles. The highest BCUT2D eigenvalue weighted by molar-refractivity contribution is 9.10. The van der Waals surface area contributed by atoms with Gasteiger partial charge in [-0.3, -0.25) is 0 Å². The van der Waals surface area contributed by atoms with Crippen LogP contribution >= 0.6 is 39.1 Å². The van der Waals surface area contributed by atoms with Crippen molar-refractivity contribution in [3.63, 3.8) is 0 Å². The molecule has 0 radical (unpaired) electrons. The van der Waals surface area contributed by atoms with Crippen LogP contribution in [-0.4, -0.2) is 21.6 Å². The van der Waals surface area contributed by atoms with Crippen molar-refractivity contribution in [1.29, 1.82) is 0 Å². The summed E-state index contributed by atoms with van der Waals surface area (Å²) in [7, 11) is 0. The SMILES string of the molecule is CC1=CC(C)=[N+]2C1=C(c1c(Cl)cc(Br)cc1Cl)c1c(C)cc(C)n1[B-]2(F)F. The van der Waals surface area contributed by atoms with Crippen LogP contribution in [0.5, 0.6) is 0 Å². The molecule has 0 saturated heterocycles. The number of nitrogens with zero attached hydrogens (tertiary/aromatic N) is 2. The fourth-order valence-corrected chi connectivity index (χ4v) is 5.71.